The Morgan fingerprint density at radius 2 is 0.825 bits per heavy atom. The maximum Gasteiger partial charge on any atom is 0.296 e. The van der Waals surface area contributed by atoms with Crippen molar-refractivity contribution in [2.75, 3.05) is 10.6 Å². The predicted octanol–water partition coefficient (Wildman–Crippen LogP) is 7.63. The van der Waals surface area contributed by atoms with E-state index < -0.39 is 72.8 Å². The van der Waals surface area contributed by atoms with Crippen LogP contribution in [0.25, 0.3) is 45.5 Å². The van der Waals surface area contributed by atoms with Crippen molar-refractivity contribution >= 4 is 65.4 Å². The molecule has 1 aliphatic heterocycles. The Balaban J connectivity index is 1.16. The Morgan fingerprint density at radius 3 is 1.16 bits per heavy atom. The van der Waals surface area contributed by atoms with Crippen LogP contribution < -0.4 is 10.6 Å². The molecule has 0 fully saturated rings. The monoisotopic (exact) mass is 818 g/mol. The largest absolute Gasteiger partial charge is 0.321 e. The third-order valence-corrected chi connectivity index (χ3v) is 12.6. The van der Waals surface area contributed by atoms with Gasteiger partial charge in [-0.1, -0.05) is 109 Å². The molecule has 6 aromatic rings. The van der Waals surface area contributed by atoms with Gasteiger partial charge in [0, 0.05) is 23.3 Å². The maximum atomic E-state index is 13.9. The van der Waals surface area contributed by atoms with Gasteiger partial charge in [-0.3, -0.25) is 18.7 Å². The number of rotatable bonds is 10. The summed E-state index contributed by atoms with van der Waals surface area (Å²) in [4.78, 5) is 23.1. The number of carbonyl (C=O) groups excluding carboxylic acids is 2. The molecule has 0 unspecified atom stereocenters. The van der Waals surface area contributed by atoms with Crippen LogP contribution in [0.3, 0.4) is 0 Å². The van der Waals surface area contributed by atoms with E-state index in [-0.39, 0.29) is 11.1 Å². The molecule has 6 aromatic carbocycles. The van der Waals surface area contributed by atoms with Crippen molar-refractivity contribution in [2.45, 2.75) is 19.6 Å². The summed E-state index contributed by atoms with van der Waals surface area (Å²) in [5, 5.41) is 4.60. The average molecular weight is 819 g/mol. The van der Waals surface area contributed by atoms with Gasteiger partial charge in [0.05, 0.1) is 21.2 Å². The first-order valence-electron chi connectivity index (χ1n) is 16.9. The summed E-state index contributed by atoms with van der Waals surface area (Å²) in [6.45, 7) is 0. The number of sulfone groups is 1. The molecule has 1 aliphatic rings. The van der Waals surface area contributed by atoms with E-state index in [4.69, 9.17) is 0 Å². The van der Waals surface area contributed by atoms with Crippen molar-refractivity contribution in [2.24, 2.45) is 0 Å². The van der Waals surface area contributed by atoms with Gasteiger partial charge in [-0.2, -0.15) is 16.8 Å². The summed E-state index contributed by atoms with van der Waals surface area (Å²) < 4.78 is 98.1. The fourth-order valence-electron chi connectivity index (χ4n) is 6.25. The number of carbonyl (C=O) groups is 2. The van der Waals surface area contributed by atoms with Gasteiger partial charge in [0.15, 0.2) is 0 Å². The lowest BCUT2D eigenvalue weighted by atomic mass is 10.0. The second kappa shape index (κ2) is 15.2. The molecular formula is C42H30N2O10S3. The van der Waals surface area contributed by atoms with Crippen molar-refractivity contribution in [3.63, 3.8) is 0 Å². The van der Waals surface area contributed by atoms with E-state index in [0.717, 1.165) is 58.7 Å². The second-order valence-corrected chi connectivity index (χ2v) is 17.4. The molecule has 15 heteroatoms. The average Bonchev–Trinajstić information content (AvgIpc) is 3.40. The van der Waals surface area contributed by atoms with Crippen LogP contribution in [0.4, 0.5) is 11.4 Å². The minimum absolute atomic E-state index is 0.341. The topological polar surface area (TPSA) is 201 Å². The zero-order valence-electron chi connectivity index (χ0n) is 29.4. The molecule has 0 spiro atoms. The van der Waals surface area contributed by atoms with E-state index in [9.17, 15) is 43.9 Å². The molecule has 4 N–H and O–H groups in total. The summed E-state index contributed by atoms with van der Waals surface area (Å²) in [7, 11) is -14.8. The SMILES string of the molecule is O=C(/C=C/c1ccc(-c2ccccc2)cc1)Nc1cc2c(cc1S(=O)(=O)O)-c1cc(S(=O)(=O)O)c(NC(=O)/C=C/c3ccc(-c4ccccc4)cc3)cc1S2(=O)=O. The number of benzene rings is 6. The van der Waals surface area contributed by atoms with Gasteiger partial charge in [-0.25, -0.2) is 8.42 Å². The standard InChI is InChI=1S/C42H30N2O10S3/c45-41(21-15-27-11-17-31(18-12-27)29-7-3-1-4-8-29)43-35-25-37-33(23-39(35)56(49,50)51)34-24-40(57(52,53)54)36(26-38(34)55(37,47)48)44-42(46)22-16-28-13-19-32(20-14-28)30-9-5-2-6-10-30/h1-26H,(H,43,45)(H,44,46)(H,49,50,51)(H,52,53,54)/b21-15+,22-16+. The summed E-state index contributed by atoms with van der Waals surface area (Å²) in [6, 6.07) is 36.8. The number of nitrogens with one attached hydrogen (secondary N) is 2. The Labute approximate surface area is 328 Å². The molecular weight excluding hydrogens is 789 g/mol. The molecule has 0 bridgehead atoms. The summed E-state index contributed by atoms with van der Waals surface area (Å²) in [5.41, 5.74) is 3.26. The van der Waals surface area contributed by atoms with Crippen molar-refractivity contribution in [3.8, 4) is 33.4 Å². The van der Waals surface area contributed by atoms with Crippen LogP contribution in [0.2, 0.25) is 0 Å². The molecule has 0 saturated carbocycles. The van der Waals surface area contributed by atoms with Crippen molar-refractivity contribution in [1.82, 2.24) is 0 Å². The normalized spacial score (nSPS) is 13.3. The lowest BCUT2D eigenvalue weighted by Crippen LogP contribution is -2.13. The molecule has 7 rings (SSSR count). The summed E-state index contributed by atoms with van der Waals surface area (Å²) in [5.74, 6) is -1.72. The van der Waals surface area contributed by atoms with E-state index in [1.165, 1.54) is 12.2 Å². The number of anilines is 2. The molecule has 286 valence electrons. The van der Waals surface area contributed by atoms with Crippen LogP contribution in [0, 0.1) is 0 Å². The lowest BCUT2D eigenvalue weighted by Gasteiger charge is -2.12. The highest BCUT2D eigenvalue weighted by Crippen LogP contribution is 2.48. The van der Waals surface area contributed by atoms with Crippen LogP contribution in [0.1, 0.15) is 11.1 Å². The molecule has 0 aromatic heterocycles. The first-order valence-corrected chi connectivity index (χ1v) is 21.3. The molecule has 0 aliphatic carbocycles. The van der Waals surface area contributed by atoms with Crippen LogP contribution >= 0.6 is 0 Å². The van der Waals surface area contributed by atoms with Crippen LogP contribution in [-0.4, -0.2) is 46.2 Å². The van der Waals surface area contributed by atoms with Crippen molar-refractivity contribution in [1.29, 1.82) is 0 Å². The third kappa shape index (κ3) is 8.38. The fourth-order valence-corrected chi connectivity index (χ4v) is 9.26. The zero-order valence-corrected chi connectivity index (χ0v) is 31.8. The quantitative estimate of drug-likeness (QED) is 0.0786. The van der Waals surface area contributed by atoms with E-state index in [1.807, 2.05) is 84.9 Å². The van der Waals surface area contributed by atoms with Crippen molar-refractivity contribution < 1.29 is 43.9 Å². The van der Waals surface area contributed by atoms with Gasteiger partial charge in [0.2, 0.25) is 21.7 Å². The van der Waals surface area contributed by atoms with Gasteiger partial charge in [0.1, 0.15) is 9.79 Å². The van der Waals surface area contributed by atoms with Crippen molar-refractivity contribution in [3.05, 3.63) is 157 Å². The molecule has 12 nitrogen and oxygen atoms in total. The first-order chi connectivity index (χ1) is 27.1. The molecule has 0 saturated heterocycles. The Hall–Kier alpha value is -6.49. The molecule has 2 amide bonds. The Bertz CT molecular complexity index is 2770. The number of hydrogen-bond donors (Lipinski definition) is 4. The number of amides is 2. The van der Waals surface area contributed by atoms with Crippen LogP contribution in [0.15, 0.2) is 165 Å². The highest BCUT2D eigenvalue weighted by atomic mass is 32.2. The fraction of sp³-hybridized carbons (Fsp3) is 0. The molecule has 0 radical (unpaired) electrons. The van der Waals surface area contributed by atoms with Gasteiger partial charge in [-0.05, 0) is 69.8 Å². The zero-order chi connectivity index (χ0) is 40.5. The minimum atomic E-state index is -5.11. The van der Waals surface area contributed by atoms with E-state index in [1.54, 1.807) is 24.3 Å². The number of hydrogen-bond acceptors (Lipinski definition) is 8. The van der Waals surface area contributed by atoms with E-state index in [0.29, 0.717) is 11.1 Å². The highest BCUT2D eigenvalue weighted by Gasteiger charge is 2.38. The van der Waals surface area contributed by atoms with Gasteiger partial charge in [-0.15, -0.1) is 0 Å². The van der Waals surface area contributed by atoms with Crippen LogP contribution in [0.5, 0.6) is 0 Å². The molecule has 57 heavy (non-hydrogen) atoms. The summed E-state index contributed by atoms with van der Waals surface area (Å²) >= 11 is 0. The molecule has 1 heterocycles. The van der Waals surface area contributed by atoms with Gasteiger partial charge >= 0.3 is 0 Å². The van der Waals surface area contributed by atoms with Crippen LogP contribution in [-0.2, 0) is 39.7 Å². The summed E-state index contributed by atoms with van der Waals surface area (Å²) in [6.07, 6.45) is 5.06. The smallest absolute Gasteiger partial charge is 0.296 e. The Morgan fingerprint density at radius 1 is 0.491 bits per heavy atom. The van der Waals surface area contributed by atoms with Gasteiger partial charge in [0.25, 0.3) is 20.2 Å². The van der Waals surface area contributed by atoms with Gasteiger partial charge < -0.3 is 10.6 Å². The highest BCUT2D eigenvalue weighted by molar-refractivity contribution is 7.92. The van der Waals surface area contributed by atoms with E-state index in [2.05, 4.69) is 10.6 Å². The number of fused-ring (bicyclic) bond motifs is 3. The molecule has 0 atom stereocenters. The maximum absolute atomic E-state index is 13.9. The predicted molar refractivity (Wildman–Crippen MR) is 216 cm³/mol. The minimum Gasteiger partial charge on any atom is -0.321 e. The Kier molecular flexibility index (Phi) is 10.3. The first kappa shape index (κ1) is 38.8. The lowest BCUT2D eigenvalue weighted by molar-refractivity contribution is -0.112. The third-order valence-electron chi connectivity index (χ3n) is 8.99. The second-order valence-electron chi connectivity index (χ2n) is 12.8. The van der Waals surface area contributed by atoms with E-state index >= 15 is 0 Å².